The van der Waals surface area contributed by atoms with E-state index in [9.17, 15) is 15.0 Å². The van der Waals surface area contributed by atoms with Crippen LogP contribution < -0.4 is 9.64 Å². The van der Waals surface area contributed by atoms with E-state index >= 15 is 0 Å². The molecule has 0 saturated heterocycles. The van der Waals surface area contributed by atoms with Crippen LogP contribution in [0.5, 0.6) is 5.75 Å². The first-order valence-electron chi connectivity index (χ1n) is 7.74. The van der Waals surface area contributed by atoms with Crippen molar-refractivity contribution < 1.29 is 19.7 Å². The third-order valence-electron chi connectivity index (χ3n) is 3.71. The van der Waals surface area contributed by atoms with E-state index in [1.807, 2.05) is 24.3 Å². The van der Waals surface area contributed by atoms with E-state index in [1.54, 1.807) is 36.5 Å². The number of rotatable bonds is 5. The number of aliphatic hydroxyl groups is 1. The smallest absolute Gasteiger partial charge is 0.413 e. The number of thiazole rings is 1. The maximum absolute atomic E-state index is 11.3. The van der Waals surface area contributed by atoms with E-state index in [0.717, 1.165) is 20.1 Å². The van der Waals surface area contributed by atoms with Gasteiger partial charge in [-0.2, -0.15) is 0 Å². The topological polar surface area (TPSA) is 82.9 Å². The van der Waals surface area contributed by atoms with Crippen LogP contribution in [0.15, 0.2) is 42.5 Å². The molecule has 25 heavy (non-hydrogen) atoms. The molecule has 0 radical (unpaired) electrons. The highest BCUT2D eigenvalue weighted by molar-refractivity contribution is 7.18. The average Bonchev–Trinajstić information content (AvgIpc) is 2.97. The zero-order valence-electron chi connectivity index (χ0n) is 13.8. The third kappa shape index (κ3) is 3.72. The van der Waals surface area contributed by atoms with Crippen LogP contribution in [-0.2, 0) is 6.61 Å². The zero-order chi connectivity index (χ0) is 18.0. The lowest BCUT2D eigenvalue weighted by Crippen LogP contribution is -2.37. The first-order chi connectivity index (χ1) is 12.0. The quantitative estimate of drug-likeness (QED) is 0.674. The van der Waals surface area contributed by atoms with Gasteiger partial charge in [0.1, 0.15) is 23.6 Å². The molecule has 7 heteroatoms. The molecule has 1 unspecified atom stereocenters. The standard InChI is InChI=1S/C18H18N2O4S/c1-11-9-13(7-8-15(11)20(12(2)21)18(22)23)24-10-17-19-14-5-3-4-6-16(14)25-17/h3-9,12,21H,10H2,1-2H3,(H,22,23). The number of carboxylic acid groups (broad SMARTS) is 1. The van der Waals surface area contributed by atoms with Gasteiger partial charge in [-0.3, -0.25) is 4.90 Å². The van der Waals surface area contributed by atoms with Crippen LogP contribution in [0.3, 0.4) is 0 Å². The first-order valence-corrected chi connectivity index (χ1v) is 8.55. The second-order valence-electron chi connectivity index (χ2n) is 5.60. The van der Waals surface area contributed by atoms with Crippen LogP contribution in [0.2, 0.25) is 0 Å². The number of anilines is 1. The maximum Gasteiger partial charge on any atom is 0.413 e. The summed E-state index contributed by atoms with van der Waals surface area (Å²) in [5.41, 5.74) is 2.08. The van der Waals surface area contributed by atoms with E-state index in [1.165, 1.54) is 6.92 Å². The Labute approximate surface area is 148 Å². The molecular weight excluding hydrogens is 340 g/mol. The highest BCUT2D eigenvalue weighted by Crippen LogP contribution is 2.28. The van der Waals surface area contributed by atoms with Gasteiger partial charge < -0.3 is 14.9 Å². The number of fused-ring (bicyclic) bond motifs is 1. The van der Waals surface area contributed by atoms with Gasteiger partial charge in [0.2, 0.25) is 0 Å². The van der Waals surface area contributed by atoms with E-state index in [0.29, 0.717) is 23.6 Å². The molecule has 1 aromatic heterocycles. The van der Waals surface area contributed by atoms with Crippen molar-refractivity contribution >= 4 is 33.3 Å². The average molecular weight is 358 g/mol. The molecule has 3 rings (SSSR count). The number of aryl methyl sites for hydroxylation is 1. The van der Waals surface area contributed by atoms with Crippen molar-refractivity contribution in [2.75, 3.05) is 4.90 Å². The van der Waals surface area contributed by atoms with Gasteiger partial charge in [-0.15, -0.1) is 11.3 Å². The van der Waals surface area contributed by atoms with Crippen molar-refractivity contribution in [3.05, 3.63) is 53.0 Å². The number of hydrogen-bond donors (Lipinski definition) is 2. The van der Waals surface area contributed by atoms with E-state index in [2.05, 4.69) is 4.98 Å². The molecule has 2 N–H and O–H groups in total. The van der Waals surface area contributed by atoms with E-state index in [4.69, 9.17) is 4.74 Å². The number of aliphatic hydroxyl groups excluding tert-OH is 1. The van der Waals surface area contributed by atoms with Gasteiger partial charge in [0.15, 0.2) is 0 Å². The number of benzene rings is 2. The number of hydrogen-bond acceptors (Lipinski definition) is 5. The molecule has 6 nitrogen and oxygen atoms in total. The Morgan fingerprint density at radius 1 is 1.32 bits per heavy atom. The van der Waals surface area contributed by atoms with Crippen molar-refractivity contribution in [3.8, 4) is 5.75 Å². The lowest BCUT2D eigenvalue weighted by atomic mass is 10.1. The molecule has 0 fully saturated rings. The molecule has 0 aliphatic carbocycles. The van der Waals surface area contributed by atoms with Crippen molar-refractivity contribution in [2.45, 2.75) is 26.7 Å². The summed E-state index contributed by atoms with van der Waals surface area (Å²) < 4.78 is 6.89. The second kappa shape index (κ2) is 7.08. The molecule has 1 heterocycles. The Bertz CT molecular complexity index is 874. The molecule has 3 aromatic rings. The Balaban J connectivity index is 1.75. The van der Waals surface area contributed by atoms with Crippen LogP contribution in [0, 0.1) is 6.92 Å². The lowest BCUT2D eigenvalue weighted by Gasteiger charge is -2.24. The normalized spacial score (nSPS) is 12.1. The lowest BCUT2D eigenvalue weighted by molar-refractivity contribution is 0.158. The summed E-state index contributed by atoms with van der Waals surface area (Å²) in [6.45, 7) is 3.53. The first kappa shape index (κ1) is 17.2. The van der Waals surface area contributed by atoms with Gasteiger partial charge in [-0.05, 0) is 49.7 Å². The molecular formula is C18H18N2O4S. The van der Waals surface area contributed by atoms with Gasteiger partial charge in [-0.25, -0.2) is 9.78 Å². The minimum Gasteiger partial charge on any atom is -0.486 e. The SMILES string of the molecule is Cc1cc(OCc2nc3ccccc3s2)ccc1N(C(=O)O)C(C)O. The van der Waals surface area contributed by atoms with Crippen molar-refractivity contribution in [3.63, 3.8) is 0 Å². The fourth-order valence-corrected chi connectivity index (χ4v) is 3.46. The Morgan fingerprint density at radius 2 is 2.08 bits per heavy atom. The van der Waals surface area contributed by atoms with Crippen LogP contribution >= 0.6 is 11.3 Å². The maximum atomic E-state index is 11.3. The Kier molecular flexibility index (Phi) is 4.87. The minimum absolute atomic E-state index is 0.344. The molecule has 1 amide bonds. The molecule has 0 spiro atoms. The van der Waals surface area contributed by atoms with Crippen LogP contribution in [0.4, 0.5) is 10.5 Å². The molecule has 0 bridgehead atoms. The Morgan fingerprint density at radius 3 is 2.72 bits per heavy atom. The van der Waals surface area contributed by atoms with Crippen molar-refractivity contribution in [1.82, 2.24) is 4.98 Å². The summed E-state index contributed by atoms with van der Waals surface area (Å²) in [6.07, 6.45) is -2.34. The third-order valence-corrected chi connectivity index (χ3v) is 4.72. The summed E-state index contributed by atoms with van der Waals surface area (Å²) in [5, 5.41) is 19.8. The summed E-state index contributed by atoms with van der Waals surface area (Å²) in [4.78, 5) is 16.7. The number of nitrogens with zero attached hydrogens (tertiary/aromatic N) is 2. The Hall–Kier alpha value is -2.64. The zero-order valence-corrected chi connectivity index (χ0v) is 14.7. The monoisotopic (exact) mass is 358 g/mol. The summed E-state index contributed by atoms with van der Waals surface area (Å²) in [6, 6.07) is 13.0. The largest absolute Gasteiger partial charge is 0.486 e. The number of aromatic nitrogens is 1. The van der Waals surface area contributed by atoms with Gasteiger partial charge in [0, 0.05) is 0 Å². The highest BCUT2D eigenvalue weighted by atomic mass is 32.1. The minimum atomic E-state index is -1.21. The molecule has 0 aliphatic rings. The second-order valence-corrected chi connectivity index (χ2v) is 6.71. The van der Waals surface area contributed by atoms with Gasteiger partial charge in [0.05, 0.1) is 15.9 Å². The van der Waals surface area contributed by atoms with Gasteiger partial charge in [0.25, 0.3) is 0 Å². The van der Waals surface area contributed by atoms with Crippen molar-refractivity contribution in [2.24, 2.45) is 0 Å². The molecule has 2 aromatic carbocycles. The van der Waals surface area contributed by atoms with Gasteiger partial charge >= 0.3 is 6.09 Å². The van der Waals surface area contributed by atoms with E-state index in [-0.39, 0.29) is 0 Å². The van der Waals surface area contributed by atoms with E-state index < -0.39 is 12.3 Å². The molecule has 1 atom stereocenters. The predicted octanol–water partition coefficient (Wildman–Crippen LogP) is 4.01. The highest BCUT2D eigenvalue weighted by Gasteiger charge is 2.21. The summed E-state index contributed by atoms with van der Waals surface area (Å²) >= 11 is 1.58. The summed E-state index contributed by atoms with van der Waals surface area (Å²) in [5.74, 6) is 0.622. The fraction of sp³-hybridized carbons (Fsp3) is 0.222. The van der Waals surface area contributed by atoms with Crippen LogP contribution in [0.25, 0.3) is 10.2 Å². The number of para-hydroxylation sites is 1. The van der Waals surface area contributed by atoms with Crippen LogP contribution in [-0.4, -0.2) is 27.5 Å². The molecule has 0 aliphatic heterocycles. The number of carbonyl (C=O) groups is 1. The number of ether oxygens (including phenoxy) is 1. The van der Waals surface area contributed by atoms with Crippen LogP contribution in [0.1, 0.15) is 17.5 Å². The van der Waals surface area contributed by atoms with Gasteiger partial charge in [-0.1, -0.05) is 12.1 Å². The molecule has 0 saturated carbocycles. The fourth-order valence-electron chi connectivity index (χ4n) is 2.58. The predicted molar refractivity (Wildman–Crippen MR) is 97.3 cm³/mol. The number of amides is 1. The molecule has 130 valence electrons. The van der Waals surface area contributed by atoms with Crippen molar-refractivity contribution in [1.29, 1.82) is 0 Å². The summed E-state index contributed by atoms with van der Waals surface area (Å²) in [7, 11) is 0.